The lowest BCUT2D eigenvalue weighted by Gasteiger charge is -2.20. The van der Waals surface area contributed by atoms with E-state index in [9.17, 15) is 9.59 Å². The first-order valence-corrected chi connectivity index (χ1v) is 9.12. The molecule has 0 atom stereocenters. The second kappa shape index (κ2) is 8.10. The minimum absolute atomic E-state index is 0. The molecule has 0 radical (unpaired) electrons. The number of aromatic amines is 1. The quantitative estimate of drug-likeness (QED) is 0.751. The molecule has 2 amide bonds. The van der Waals surface area contributed by atoms with Gasteiger partial charge in [0.1, 0.15) is 0 Å². The van der Waals surface area contributed by atoms with Gasteiger partial charge in [-0.2, -0.15) is 5.10 Å². The van der Waals surface area contributed by atoms with Crippen LogP contribution in [0.1, 0.15) is 50.5 Å². The van der Waals surface area contributed by atoms with Gasteiger partial charge in [0.05, 0.1) is 11.3 Å². The van der Waals surface area contributed by atoms with Crippen molar-refractivity contribution >= 4 is 29.9 Å². The normalized spacial score (nSPS) is 15.8. The number of amides is 2. The van der Waals surface area contributed by atoms with E-state index in [1.54, 1.807) is 6.07 Å². The topological polar surface area (TPSA) is 90.1 Å². The Balaban J connectivity index is 0.00000210. The van der Waals surface area contributed by atoms with Crippen molar-refractivity contribution in [3.05, 3.63) is 46.3 Å². The number of aromatic nitrogens is 2. The highest BCUT2D eigenvalue weighted by molar-refractivity contribution is 6.09. The third kappa shape index (κ3) is 3.70. The molecule has 144 valence electrons. The Morgan fingerprint density at radius 2 is 2.00 bits per heavy atom. The molecule has 7 nitrogen and oxygen atoms in total. The maximum atomic E-state index is 12.9. The van der Waals surface area contributed by atoms with Crippen molar-refractivity contribution in [3.8, 4) is 0 Å². The number of nitrogens with one attached hydrogen (secondary N) is 3. The lowest BCUT2D eigenvalue weighted by molar-refractivity contribution is 0.0793. The second-order valence-corrected chi connectivity index (χ2v) is 6.91. The van der Waals surface area contributed by atoms with Crippen LogP contribution in [0.4, 0.5) is 5.69 Å². The Morgan fingerprint density at radius 1 is 1.22 bits per heavy atom. The van der Waals surface area contributed by atoms with Crippen molar-refractivity contribution < 1.29 is 9.59 Å². The summed E-state index contributed by atoms with van der Waals surface area (Å²) in [4.78, 5) is 27.6. The van der Waals surface area contributed by atoms with E-state index < -0.39 is 0 Å². The summed E-state index contributed by atoms with van der Waals surface area (Å²) in [5.41, 5.74) is 4.30. The Bertz CT molecular complexity index is 858. The van der Waals surface area contributed by atoms with Gasteiger partial charge in [-0.1, -0.05) is 12.1 Å². The summed E-state index contributed by atoms with van der Waals surface area (Å²) in [6.45, 7) is 4.96. The molecular weight excluding hydrogens is 366 g/mol. The number of hydrogen-bond acceptors (Lipinski definition) is 4. The molecule has 1 aromatic heterocycles. The predicted molar refractivity (Wildman–Crippen MR) is 106 cm³/mol. The molecule has 1 aromatic carbocycles. The summed E-state index contributed by atoms with van der Waals surface area (Å²) in [6, 6.07) is 5.54. The highest BCUT2D eigenvalue weighted by atomic mass is 35.5. The van der Waals surface area contributed by atoms with Crippen LogP contribution in [0.25, 0.3) is 0 Å². The van der Waals surface area contributed by atoms with Gasteiger partial charge < -0.3 is 15.5 Å². The first kappa shape index (κ1) is 19.4. The summed E-state index contributed by atoms with van der Waals surface area (Å²) in [7, 11) is 0. The molecule has 8 heteroatoms. The Hall–Kier alpha value is -2.38. The van der Waals surface area contributed by atoms with Gasteiger partial charge in [-0.25, -0.2) is 0 Å². The van der Waals surface area contributed by atoms with Gasteiger partial charge >= 0.3 is 0 Å². The summed E-state index contributed by atoms with van der Waals surface area (Å²) in [5.74, 6) is -0.297. The molecule has 1 saturated heterocycles. The van der Waals surface area contributed by atoms with Crippen molar-refractivity contribution in [2.24, 2.45) is 0 Å². The van der Waals surface area contributed by atoms with Gasteiger partial charge in [0.15, 0.2) is 5.69 Å². The van der Waals surface area contributed by atoms with Crippen LogP contribution < -0.4 is 10.6 Å². The zero-order chi connectivity index (χ0) is 18.1. The lowest BCUT2D eigenvalue weighted by atomic mass is 10.0. The van der Waals surface area contributed by atoms with Gasteiger partial charge in [-0.15, -0.1) is 12.4 Å². The van der Waals surface area contributed by atoms with Crippen LogP contribution in [-0.2, 0) is 13.0 Å². The Kier molecular flexibility index (Phi) is 5.82. The molecular formula is C19H24ClN5O2. The maximum Gasteiger partial charge on any atom is 0.276 e. The van der Waals surface area contributed by atoms with Crippen LogP contribution in [0, 0.1) is 6.92 Å². The fourth-order valence-corrected chi connectivity index (χ4v) is 3.73. The fraction of sp³-hybridized carbons (Fsp3) is 0.421. The number of benzene rings is 1. The standard InChI is InChI=1S/C19H23N5O2.ClH/c1-12-5-4-6-15(16(12)19(26)24-9-2-3-10-24)21-18(25)17-13-11-20-8-7-14(13)22-23-17;/h4-6,20H,2-3,7-11H2,1H3,(H,21,25)(H,22,23);1H. The predicted octanol–water partition coefficient (Wildman–Crippen LogP) is 2.27. The third-order valence-corrected chi connectivity index (χ3v) is 5.15. The largest absolute Gasteiger partial charge is 0.339 e. The number of carbonyl (C=O) groups excluding carboxylic acids is 2. The number of hydrogen-bond donors (Lipinski definition) is 3. The molecule has 2 aromatic rings. The van der Waals surface area contributed by atoms with Crippen molar-refractivity contribution in [1.29, 1.82) is 0 Å². The molecule has 3 heterocycles. The van der Waals surface area contributed by atoms with E-state index in [4.69, 9.17) is 0 Å². The van der Waals surface area contributed by atoms with Crippen molar-refractivity contribution in [3.63, 3.8) is 0 Å². The number of H-pyrrole nitrogens is 1. The lowest BCUT2D eigenvalue weighted by Crippen LogP contribution is -2.30. The third-order valence-electron chi connectivity index (χ3n) is 5.15. The zero-order valence-corrected chi connectivity index (χ0v) is 16.1. The van der Waals surface area contributed by atoms with Gasteiger partial charge in [-0.3, -0.25) is 14.7 Å². The number of rotatable bonds is 3. The second-order valence-electron chi connectivity index (χ2n) is 6.91. The molecule has 0 aliphatic carbocycles. The summed E-state index contributed by atoms with van der Waals surface area (Å²) in [5, 5.41) is 13.3. The van der Waals surface area contributed by atoms with Crippen LogP contribution in [0.3, 0.4) is 0 Å². The molecule has 1 fully saturated rings. The number of likely N-dealkylation sites (tertiary alicyclic amines) is 1. The smallest absolute Gasteiger partial charge is 0.276 e. The van der Waals surface area contributed by atoms with E-state index in [1.165, 1.54) is 0 Å². The highest BCUT2D eigenvalue weighted by Gasteiger charge is 2.26. The molecule has 0 unspecified atom stereocenters. The monoisotopic (exact) mass is 389 g/mol. The summed E-state index contributed by atoms with van der Waals surface area (Å²) < 4.78 is 0. The average Bonchev–Trinajstić information content (AvgIpc) is 3.31. The van der Waals surface area contributed by atoms with Gasteiger partial charge in [0.2, 0.25) is 0 Å². The van der Waals surface area contributed by atoms with E-state index in [0.717, 1.165) is 55.7 Å². The number of halogens is 1. The molecule has 2 aliphatic heterocycles. The zero-order valence-electron chi connectivity index (χ0n) is 15.3. The maximum absolute atomic E-state index is 12.9. The van der Waals surface area contributed by atoms with E-state index >= 15 is 0 Å². The van der Waals surface area contributed by atoms with E-state index in [1.807, 2.05) is 24.0 Å². The molecule has 3 N–H and O–H groups in total. The minimum Gasteiger partial charge on any atom is -0.339 e. The number of fused-ring (bicyclic) bond motifs is 1. The molecule has 0 saturated carbocycles. The SMILES string of the molecule is Cc1cccc(NC(=O)c2n[nH]c3c2CNCC3)c1C(=O)N1CCCC1.Cl. The van der Waals surface area contributed by atoms with Crippen LogP contribution >= 0.6 is 12.4 Å². The molecule has 0 bridgehead atoms. The van der Waals surface area contributed by atoms with Crippen LogP contribution in [-0.4, -0.2) is 46.5 Å². The number of anilines is 1. The van der Waals surface area contributed by atoms with Gasteiger partial charge in [0, 0.05) is 43.9 Å². The van der Waals surface area contributed by atoms with Gasteiger partial charge in [0.25, 0.3) is 11.8 Å². The molecule has 0 spiro atoms. The van der Waals surface area contributed by atoms with E-state index in [0.29, 0.717) is 23.5 Å². The number of aryl methyl sites for hydroxylation is 1. The van der Waals surface area contributed by atoms with E-state index in [2.05, 4.69) is 20.8 Å². The summed E-state index contributed by atoms with van der Waals surface area (Å²) in [6.07, 6.45) is 2.90. The summed E-state index contributed by atoms with van der Waals surface area (Å²) >= 11 is 0. The van der Waals surface area contributed by atoms with E-state index in [-0.39, 0.29) is 24.2 Å². The van der Waals surface area contributed by atoms with Crippen molar-refractivity contribution in [1.82, 2.24) is 20.4 Å². The first-order valence-electron chi connectivity index (χ1n) is 9.12. The van der Waals surface area contributed by atoms with Crippen LogP contribution in [0.5, 0.6) is 0 Å². The highest BCUT2D eigenvalue weighted by Crippen LogP contribution is 2.25. The molecule has 2 aliphatic rings. The fourth-order valence-electron chi connectivity index (χ4n) is 3.73. The molecule has 27 heavy (non-hydrogen) atoms. The number of nitrogens with zero attached hydrogens (tertiary/aromatic N) is 2. The molecule has 4 rings (SSSR count). The Morgan fingerprint density at radius 3 is 2.78 bits per heavy atom. The Labute approximate surface area is 164 Å². The van der Waals surface area contributed by atoms with Crippen LogP contribution in [0.15, 0.2) is 18.2 Å². The number of carbonyl (C=O) groups is 2. The van der Waals surface area contributed by atoms with Crippen molar-refractivity contribution in [2.45, 2.75) is 32.7 Å². The van der Waals surface area contributed by atoms with Crippen molar-refractivity contribution in [2.75, 3.05) is 25.0 Å². The first-order chi connectivity index (χ1) is 12.6. The van der Waals surface area contributed by atoms with Gasteiger partial charge in [-0.05, 0) is 31.4 Å². The van der Waals surface area contributed by atoms with Crippen LogP contribution in [0.2, 0.25) is 0 Å². The average molecular weight is 390 g/mol. The minimum atomic E-state index is -0.285.